The average Bonchev–Trinajstić information content (AvgIpc) is 2.85. The third-order valence-corrected chi connectivity index (χ3v) is 2.93. The second-order valence-electron chi connectivity index (χ2n) is 4.48. The lowest BCUT2D eigenvalue weighted by molar-refractivity contribution is 0.477. The Kier molecular flexibility index (Phi) is 4.53. The van der Waals surface area contributed by atoms with Gasteiger partial charge in [-0.1, -0.05) is 18.2 Å². The molecule has 0 aliphatic carbocycles. The van der Waals surface area contributed by atoms with Crippen LogP contribution < -0.4 is 5.32 Å². The normalized spacial score (nSPS) is 12.6. The van der Waals surface area contributed by atoms with Gasteiger partial charge in [0.1, 0.15) is 11.6 Å². The summed E-state index contributed by atoms with van der Waals surface area (Å²) < 4.78 is 18.7. The van der Waals surface area contributed by atoms with Gasteiger partial charge in [-0.2, -0.15) is 0 Å². The molecule has 0 aliphatic rings. The quantitative estimate of drug-likeness (QED) is 0.848. The summed E-state index contributed by atoms with van der Waals surface area (Å²) in [5.41, 5.74) is 0.760. The molecule has 1 aromatic heterocycles. The van der Waals surface area contributed by atoms with Crippen molar-refractivity contribution in [3.8, 4) is 0 Å². The first-order valence-corrected chi connectivity index (χ1v) is 6.25. The van der Waals surface area contributed by atoms with Crippen molar-refractivity contribution in [2.75, 3.05) is 6.54 Å². The van der Waals surface area contributed by atoms with Crippen molar-refractivity contribution in [2.24, 2.45) is 0 Å². The zero-order valence-electron chi connectivity index (χ0n) is 10.5. The predicted molar refractivity (Wildman–Crippen MR) is 70.0 cm³/mol. The van der Waals surface area contributed by atoms with Crippen LogP contribution in [0.1, 0.15) is 18.2 Å². The lowest BCUT2D eigenvalue weighted by Crippen LogP contribution is -2.30. The molecule has 0 radical (unpaired) electrons. The van der Waals surface area contributed by atoms with Crippen LogP contribution in [0.25, 0.3) is 0 Å². The topological polar surface area (TPSA) is 25.2 Å². The summed E-state index contributed by atoms with van der Waals surface area (Å²) in [4.78, 5) is 0. The van der Waals surface area contributed by atoms with Crippen LogP contribution in [-0.2, 0) is 12.8 Å². The predicted octanol–water partition coefficient (Wildman–Crippen LogP) is 3.18. The van der Waals surface area contributed by atoms with E-state index in [1.807, 2.05) is 24.3 Å². The van der Waals surface area contributed by atoms with Gasteiger partial charge in [0.25, 0.3) is 0 Å². The molecule has 18 heavy (non-hydrogen) atoms. The number of benzene rings is 1. The molecule has 2 aromatic rings. The summed E-state index contributed by atoms with van der Waals surface area (Å²) in [5, 5.41) is 3.37. The minimum absolute atomic E-state index is 0.128. The van der Waals surface area contributed by atoms with E-state index in [1.54, 1.807) is 12.3 Å². The van der Waals surface area contributed by atoms with Gasteiger partial charge < -0.3 is 9.73 Å². The van der Waals surface area contributed by atoms with Gasteiger partial charge in [0, 0.05) is 19.0 Å². The van der Waals surface area contributed by atoms with E-state index in [-0.39, 0.29) is 11.9 Å². The summed E-state index contributed by atoms with van der Waals surface area (Å²) >= 11 is 0. The minimum atomic E-state index is -0.128. The first-order valence-electron chi connectivity index (χ1n) is 6.25. The van der Waals surface area contributed by atoms with Gasteiger partial charge in [0.2, 0.25) is 0 Å². The molecule has 1 heterocycles. The monoisotopic (exact) mass is 247 g/mol. The van der Waals surface area contributed by atoms with Crippen LogP contribution in [0.4, 0.5) is 4.39 Å². The summed E-state index contributed by atoms with van der Waals surface area (Å²) in [5.74, 6) is 0.845. The molecule has 0 aliphatic heterocycles. The highest BCUT2D eigenvalue weighted by atomic mass is 19.1. The van der Waals surface area contributed by atoms with Crippen molar-refractivity contribution >= 4 is 0 Å². The fraction of sp³-hybridized carbons (Fsp3) is 0.333. The highest BCUT2D eigenvalue weighted by Gasteiger charge is 2.06. The van der Waals surface area contributed by atoms with Gasteiger partial charge in [-0.25, -0.2) is 4.39 Å². The number of halogens is 1. The van der Waals surface area contributed by atoms with Gasteiger partial charge >= 0.3 is 0 Å². The molecular weight excluding hydrogens is 229 g/mol. The van der Waals surface area contributed by atoms with E-state index >= 15 is 0 Å². The first kappa shape index (κ1) is 12.8. The smallest absolute Gasteiger partial charge is 0.126 e. The SMILES string of the molecule is CC(Cc1ccccc1F)NCCc1ccco1. The van der Waals surface area contributed by atoms with Crippen LogP contribution in [0.15, 0.2) is 47.1 Å². The standard InChI is InChI=1S/C15H18FNO/c1-12(11-13-5-2-3-7-15(13)16)17-9-8-14-6-4-10-18-14/h2-7,10,12,17H,8-9,11H2,1H3. The third kappa shape index (κ3) is 3.70. The summed E-state index contributed by atoms with van der Waals surface area (Å²) in [6, 6.07) is 11.0. The van der Waals surface area contributed by atoms with Crippen molar-refractivity contribution in [1.82, 2.24) is 5.32 Å². The highest BCUT2D eigenvalue weighted by molar-refractivity contribution is 5.18. The van der Waals surface area contributed by atoms with Gasteiger partial charge in [0.15, 0.2) is 0 Å². The number of nitrogens with one attached hydrogen (secondary N) is 1. The maximum atomic E-state index is 13.5. The number of furan rings is 1. The zero-order valence-corrected chi connectivity index (χ0v) is 10.5. The van der Waals surface area contributed by atoms with Gasteiger partial charge in [-0.05, 0) is 37.1 Å². The Balaban J connectivity index is 1.75. The molecule has 2 rings (SSSR count). The van der Waals surface area contributed by atoms with Crippen molar-refractivity contribution in [2.45, 2.75) is 25.8 Å². The van der Waals surface area contributed by atoms with Gasteiger partial charge in [0.05, 0.1) is 6.26 Å². The second-order valence-corrected chi connectivity index (χ2v) is 4.48. The molecule has 0 saturated carbocycles. The fourth-order valence-electron chi connectivity index (χ4n) is 1.96. The largest absolute Gasteiger partial charge is 0.469 e. The van der Waals surface area contributed by atoms with Crippen molar-refractivity contribution < 1.29 is 8.81 Å². The number of hydrogen-bond acceptors (Lipinski definition) is 2. The second kappa shape index (κ2) is 6.36. The maximum Gasteiger partial charge on any atom is 0.126 e. The number of hydrogen-bond donors (Lipinski definition) is 1. The van der Waals surface area contributed by atoms with E-state index in [1.165, 1.54) is 6.07 Å². The Morgan fingerprint density at radius 3 is 2.78 bits per heavy atom. The van der Waals surface area contributed by atoms with Crippen LogP contribution in [0.2, 0.25) is 0 Å². The summed E-state index contributed by atoms with van der Waals surface area (Å²) in [6.45, 7) is 2.90. The Bertz CT molecular complexity index is 467. The van der Waals surface area contributed by atoms with E-state index in [0.717, 1.165) is 24.3 Å². The van der Waals surface area contributed by atoms with Crippen LogP contribution in [0, 0.1) is 5.82 Å². The fourth-order valence-corrected chi connectivity index (χ4v) is 1.96. The maximum absolute atomic E-state index is 13.5. The molecule has 1 atom stereocenters. The summed E-state index contributed by atoms with van der Waals surface area (Å²) in [7, 11) is 0. The van der Waals surface area contributed by atoms with E-state index < -0.39 is 0 Å². The molecule has 0 amide bonds. The van der Waals surface area contributed by atoms with E-state index in [0.29, 0.717) is 6.42 Å². The lowest BCUT2D eigenvalue weighted by atomic mass is 10.1. The molecule has 96 valence electrons. The molecule has 3 heteroatoms. The third-order valence-electron chi connectivity index (χ3n) is 2.93. The molecule has 1 unspecified atom stereocenters. The van der Waals surface area contributed by atoms with Crippen molar-refractivity contribution in [3.05, 3.63) is 59.8 Å². The lowest BCUT2D eigenvalue weighted by Gasteiger charge is -2.13. The van der Waals surface area contributed by atoms with Gasteiger partial charge in [-0.3, -0.25) is 0 Å². The van der Waals surface area contributed by atoms with Crippen LogP contribution >= 0.6 is 0 Å². The van der Waals surface area contributed by atoms with Crippen LogP contribution in [0.3, 0.4) is 0 Å². The Hall–Kier alpha value is -1.61. The Morgan fingerprint density at radius 1 is 1.22 bits per heavy atom. The number of rotatable bonds is 6. The molecule has 0 spiro atoms. The average molecular weight is 247 g/mol. The highest BCUT2D eigenvalue weighted by Crippen LogP contribution is 2.09. The van der Waals surface area contributed by atoms with Crippen LogP contribution in [-0.4, -0.2) is 12.6 Å². The Morgan fingerprint density at radius 2 is 2.06 bits per heavy atom. The molecule has 0 fully saturated rings. The van der Waals surface area contributed by atoms with E-state index in [4.69, 9.17) is 4.42 Å². The molecule has 2 nitrogen and oxygen atoms in total. The van der Waals surface area contributed by atoms with Crippen molar-refractivity contribution in [1.29, 1.82) is 0 Å². The van der Waals surface area contributed by atoms with Gasteiger partial charge in [-0.15, -0.1) is 0 Å². The van der Waals surface area contributed by atoms with Crippen molar-refractivity contribution in [3.63, 3.8) is 0 Å². The summed E-state index contributed by atoms with van der Waals surface area (Å²) in [6.07, 6.45) is 3.23. The Labute approximate surface area is 107 Å². The van der Waals surface area contributed by atoms with Crippen LogP contribution in [0.5, 0.6) is 0 Å². The minimum Gasteiger partial charge on any atom is -0.469 e. The van der Waals surface area contributed by atoms with E-state index in [9.17, 15) is 4.39 Å². The van der Waals surface area contributed by atoms with E-state index in [2.05, 4.69) is 12.2 Å². The molecule has 0 bridgehead atoms. The zero-order chi connectivity index (χ0) is 12.8. The molecule has 0 saturated heterocycles. The molecular formula is C15H18FNO. The molecule has 1 aromatic carbocycles. The molecule has 1 N–H and O–H groups in total. The first-order chi connectivity index (χ1) is 8.75.